The smallest absolute Gasteiger partial charge is 0.254 e. The van der Waals surface area contributed by atoms with E-state index in [0.29, 0.717) is 35.0 Å². The molecular weight excluding hydrogens is 362 g/mol. The Hall–Kier alpha value is -2.93. The molecule has 0 spiro atoms. The van der Waals surface area contributed by atoms with Gasteiger partial charge in [0.1, 0.15) is 0 Å². The minimum absolute atomic E-state index is 0.133. The van der Waals surface area contributed by atoms with Crippen molar-refractivity contribution in [2.45, 2.75) is 18.6 Å². The van der Waals surface area contributed by atoms with Gasteiger partial charge in [-0.15, -0.1) is 0 Å². The number of benzene rings is 2. The van der Waals surface area contributed by atoms with Gasteiger partial charge in [-0.1, -0.05) is 0 Å². The van der Waals surface area contributed by atoms with Crippen LogP contribution in [0.3, 0.4) is 0 Å². The third-order valence-electron chi connectivity index (χ3n) is 5.57. The highest BCUT2D eigenvalue weighted by molar-refractivity contribution is 5.98. The number of carbonyl (C=O) groups excluding carboxylic acids is 1. The molecule has 4 rings (SSSR count). The fourth-order valence-electron chi connectivity index (χ4n) is 4.16. The Labute approximate surface area is 163 Å². The van der Waals surface area contributed by atoms with Gasteiger partial charge in [-0.3, -0.25) is 4.79 Å². The molecule has 2 aromatic carbocycles. The summed E-state index contributed by atoms with van der Waals surface area (Å²) in [7, 11) is 6.25. The number of fused-ring (bicyclic) bond motifs is 4. The first-order valence-corrected chi connectivity index (χ1v) is 9.02. The van der Waals surface area contributed by atoms with Crippen molar-refractivity contribution in [3.05, 3.63) is 46.5 Å². The monoisotopic (exact) mass is 385 g/mol. The van der Waals surface area contributed by atoms with Gasteiger partial charge in [0.05, 0.1) is 47.1 Å². The van der Waals surface area contributed by atoms with Crippen LogP contribution in [-0.4, -0.2) is 50.9 Å². The summed E-state index contributed by atoms with van der Waals surface area (Å²) >= 11 is 0. The van der Waals surface area contributed by atoms with Gasteiger partial charge in [-0.2, -0.15) is 0 Å². The fourth-order valence-corrected chi connectivity index (χ4v) is 4.16. The number of hydrogen-bond acceptors (Lipinski definition) is 6. The van der Waals surface area contributed by atoms with Crippen LogP contribution < -0.4 is 18.9 Å². The van der Waals surface area contributed by atoms with Crippen molar-refractivity contribution in [3.63, 3.8) is 0 Å². The highest BCUT2D eigenvalue weighted by Crippen LogP contribution is 2.46. The summed E-state index contributed by atoms with van der Waals surface area (Å²) in [6.07, 6.45) is -0.187. The molecule has 0 bridgehead atoms. The Bertz CT molecular complexity index is 941. The first-order valence-electron chi connectivity index (χ1n) is 9.02. The number of carbonyl (C=O) groups is 1. The second kappa shape index (κ2) is 6.91. The van der Waals surface area contributed by atoms with E-state index < -0.39 is 6.10 Å². The third-order valence-corrected chi connectivity index (χ3v) is 5.57. The summed E-state index contributed by atoms with van der Waals surface area (Å²) in [4.78, 5) is 14.9. The Morgan fingerprint density at radius 1 is 0.857 bits per heavy atom. The van der Waals surface area contributed by atoms with E-state index in [0.717, 1.165) is 16.7 Å². The average molecular weight is 385 g/mol. The average Bonchev–Trinajstić information content (AvgIpc) is 2.73. The van der Waals surface area contributed by atoms with Crippen LogP contribution in [0.4, 0.5) is 0 Å². The number of hydrogen-bond donors (Lipinski definition) is 1. The van der Waals surface area contributed by atoms with Crippen molar-refractivity contribution in [2.75, 3.05) is 35.0 Å². The van der Waals surface area contributed by atoms with Crippen molar-refractivity contribution >= 4 is 5.91 Å². The first kappa shape index (κ1) is 18.4. The summed E-state index contributed by atoms with van der Waals surface area (Å²) in [5, 5.41) is 10.7. The maximum Gasteiger partial charge on any atom is 0.254 e. The molecule has 1 N–H and O–H groups in total. The van der Waals surface area contributed by atoms with Gasteiger partial charge in [0, 0.05) is 5.56 Å². The lowest BCUT2D eigenvalue weighted by molar-refractivity contribution is 0.0393. The van der Waals surface area contributed by atoms with Crippen molar-refractivity contribution in [1.82, 2.24) is 4.90 Å². The molecule has 1 amide bonds. The van der Waals surface area contributed by atoms with Crippen LogP contribution in [-0.2, 0) is 6.42 Å². The number of aliphatic hydroxyl groups is 1. The molecule has 2 aliphatic rings. The zero-order chi connectivity index (χ0) is 20.0. The van der Waals surface area contributed by atoms with Gasteiger partial charge in [0.2, 0.25) is 0 Å². The van der Waals surface area contributed by atoms with Crippen LogP contribution >= 0.6 is 0 Å². The molecule has 0 unspecified atom stereocenters. The van der Waals surface area contributed by atoms with E-state index in [4.69, 9.17) is 18.9 Å². The highest BCUT2D eigenvalue weighted by Gasteiger charge is 2.41. The first-order chi connectivity index (χ1) is 13.5. The summed E-state index contributed by atoms with van der Waals surface area (Å²) in [6, 6.07) is 7.02. The number of amides is 1. The largest absolute Gasteiger partial charge is 0.493 e. The van der Waals surface area contributed by atoms with Crippen LogP contribution in [0.5, 0.6) is 23.0 Å². The van der Waals surface area contributed by atoms with Crippen LogP contribution in [0.2, 0.25) is 0 Å². The molecule has 2 aromatic rings. The molecule has 7 heteroatoms. The predicted molar refractivity (Wildman–Crippen MR) is 102 cm³/mol. The molecule has 2 aliphatic heterocycles. The third kappa shape index (κ3) is 2.65. The molecular formula is C21H23NO6. The lowest BCUT2D eigenvalue weighted by Gasteiger charge is -2.43. The van der Waals surface area contributed by atoms with Crippen LogP contribution in [0.1, 0.15) is 39.2 Å². The molecule has 2 atom stereocenters. The summed E-state index contributed by atoms with van der Waals surface area (Å²) in [6.45, 7) is 0.222. The molecule has 0 fully saturated rings. The van der Waals surface area contributed by atoms with E-state index in [1.807, 2.05) is 12.1 Å². The fraction of sp³-hybridized carbons (Fsp3) is 0.381. The Balaban J connectivity index is 1.85. The molecule has 0 saturated heterocycles. The van der Waals surface area contributed by atoms with Crippen molar-refractivity contribution in [2.24, 2.45) is 0 Å². The Kier molecular flexibility index (Phi) is 4.55. The van der Waals surface area contributed by atoms with Crippen molar-refractivity contribution in [3.8, 4) is 23.0 Å². The number of aliphatic hydroxyl groups excluding tert-OH is 1. The van der Waals surface area contributed by atoms with Crippen LogP contribution in [0.25, 0.3) is 0 Å². The molecule has 148 valence electrons. The van der Waals surface area contributed by atoms with Gasteiger partial charge >= 0.3 is 0 Å². The number of methoxy groups -OCH3 is 4. The molecule has 2 heterocycles. The van der Waals surface area contributed by atoms with Crippen molar-refractivity contribution < 1.29 is 28.8 Å². The normalized spacial score (nSPS) is 20.0. The molecule has 0 radical (unpaired) electrons. The van der Waals surface area contributed by atoms with Gasteiger partial charge < -0.3 is 29.0 Å². The second-order valence-corrected chi connectivity index (χ2v) is 6.89. The maximum absolute atomic E-state index is 13.2. The second-order valence-electron chi connectivity index (χ2n) is 6.89. The van der Waals surface area contributed by atoms with Gasteiger partial charge in [0.25, 0.3) is 5.91 Å². The van der Waals surface area contributed by atoms with E-state index in [1.54, 1.807) is 45.5 Å². The summed E-state index contributed by atoms with van der Waals surface area (Å²) in [5.74, 6) is 2.10. The van der Waals surface area contributed by atoms with Gasteiger partial charge in [-0.05, 0) is 47.4 Å². The predicted octanol–water partition coefficient (Wildman–Crippen LogP) is 2.51. The van der Waals surface area contributed by atoms with E-state index in [-0.39, 0.29) is 18.5 Å². The number of nitrogens with zero attached hydrogens (tertiary/aromatic N) is 1. The minimum Gasteiger partial charge on any atom is -0.493 e. The quantitative estimate of drug-likeness (QED) is 0.872. The highest BCUT2D eigenvalue weighted by atomic mass is 16.5. The Morgan fingerprint density at radius 2 is 1.39 bits per heavy atom. The zero-order valence-corrected chi connectivity index (χ0v) is 16.3. The molecule has 28 heavy (non-hydrogen) atoms. The molecule has 7 nitrogen and oxygen atoms in total. The van der Waals surface area contributed by atoms with E-state index >= 15 is 0 Å². The summed E-state index contributed by atoms with van der Waals surface area (Å²) in [5.41, 5.74) is 3.09. The topological polar surface area (TPSA) is 77.5 Å². The minimum atomic E-state index is -0.795. The SMILES string of the molecule is COc1cc2c(cc1OC)C(=O)N1C[C@H](O)c3cc(OC)c(OC)cc3[C@@H]1C2. The summed E-state index contributed by atoms with van der Waals surface area (Å²) < 4.78 is 21.6. The number of rotatable bonds is 4. The van der Waals surface area contributed by atoms with E-state index in [2.05, 4.69) is 0 Å². The van der Waals surface area contributed by atoms with Crippen molar-refractivity contribution in [1.29, 1.82) is 0 Å². The lowest BCUT2D eigenvalue weighted by Crippen LogP contribution is -2.46. The van der Waals surface area contributed by atoms with Gasteiger partial charge in [0.15, 0.2) is 23.0 Å². The van der Waals surface area contributed by atoms with Gasteiger partial charge in [-0.25, -0.2) is 0 Å². The standard InChI is InChI=1S/C21H23NO6/c1-25-17-6-11-5-15-13-8-19(27-3)20(28-4)9-14(13)16(23)10-22(15)21(24)12(11)7-18(17)26-2/h6-9,15-16,23H,5,10H2,1-4H3/t15-,16-/m0/s1. The zero-order valence-electron chi connectivity index (χ0n) is 16.3. The number of ether oxygens (including phenoxy) is 4. The lowest BCUT2D eigenvalue weighted by atomic mass is 9.82. The molecule has 0 aromatic heterocycles. The Morgan fingerprint density at radius 3 is 2.00 bits per heavy atom. The molecule has 0 aliphatic carbocycles. The molecule has 0 saturated carbocycles. The van der Waals surface area contributed by atoms with Crippen LogP contribution in [0.15, 0.2) is 24.3 Å². The maximum atomic E-state index is 13.2. The van der Waals surface area contributed by atoms with E-state index in [1.165, 1.54) is 0 Å². The van der Waals surface area contributed by atoms with Crippen LogP contribution in [0, 0.1) is 0 Å². The van der Waals surface area contributed by atoms with E-state index in [9.17, 15) is 9.90 Å².